The predicted octanol–water partition coefficient (Wildman–Crippen LogP) is 2.58. The quantitative estimate of drug-likeness (QED) is 0.444. The Balaban J connectivity index is 3.37. The summed E-state index contributed by atoms with van der Waals surface area (Å²) in [4.78, 5) is 10.2. The minimum atomic E-state index is -3.11. The van der Waals surface area contributed by atoms with E-state index >= 15 is 0 Å². The Morgan fingerprint density at radius 2 is 2.08 bits per heavy atom. The minimum absolute atomic E-state index is 0.142. The van der Waals surface area contributed by atoms with Gasteiger partial charge >= 0.3 is 10.1 Å². The van der Waals surface area contributed by atoms with Crippen LogP contribution in [0.1, 0.15) is 13.3 Å². The van der Waals surface area contributed by atoms with Gasteiger partial charge in [0.15, 0.2) is 0 Å². The summed E-state index contributed by atoms with van der Waals surface area (Å²) in [5, 5.41) is 0. The summed E-state index contributed by atoms with van der Waals surface area (Å²) in [6, 6.07) is 0. The lowest BCUT2D eigenvalue weighted by atomic mass is 10.5. The molecule has 6 heteroatoms. The second kappa shape index (κ2) is 5.63. The molecule has 0 saturated carbocycles. The van der Waals surface area contributed by atoms with E-state index in [0.29, 0.717) is 0 Å². The summed E-state index contributed by atoms with van der Waals surface area (Å²) in [5.74, 6) is 0. The van der Waals surface area contributed by atoms with Crippen LogP contribution in [-0.4, -0.2) is 23.3 Å². The van der Waals surface area contributed by atoms with Crippen molar-refractivity contribution in [1.82, 2.24) is 0 Å². The summed E-state index contributed by atoms with van der Waals surface area (Å²) < 4.78 is 32.6. The van der Waals surface area contributed by atoms with E-state index < -0.39 is 10.1 Å². The van der Waals surface area contributed by atoms with Crippen LogP contribution in [0.3, 0.4) is 0 Å². The molecule has 0 amide bonds. The average Bonchev–Trinajstić information content (AvgIpc) is 1.98. The third-order valence-corrected chi connectivity index (χ3v) is 1.34. The molecule has 0 spiro atoms. The highest BCUT2D eigenvalue weighted by Gasteiger charge is 2.26. The molecule has 12 heavy (non-hydrogen) atoms. The van der Waals surface area contributed by atoms with Crippen LogP contribution in [0.4, 0.5) is 13.6 Å². The van der Waals surface area contributed by atoms with Gasteiger partial charge in [0.2, 0.25) is 0 Å². The van der Waals surface area contributed by atoms with Crippen molar-refractivity contribution < 1.29 is 23.0 Å². The predicted molar refractivity (Wildman–Crippen MR) is 46.6 cm³/mol. The molecule has 0 saturated heterocycles. The van der Waals surface area contributed by atoms with Gasteiger partial charge in [-0.3, -0.25) is 0 Å². The minimum Gasteiger partial charge on any atom is -0.456 e. The summed E-state index contributed by atoms with van der Waals surface area (Å²) in [6.45, 7) is 0.886. The molecule has 0 aliphatic heterocycles. The first-order valence-electron chi connectivity index (χ1n) is 3.32. The van der Waals surface area contributed by atoms with E-state index in [1.54, 1.807) is 0 Å². The van der Waals surface area contributed by atoms with Gasteiger partial charge in [-0.2, -0.15) is 8.78 Å². The lowest BCUT2D eigenvalue weighted by molar-refractivity contribution is -0.242. The van der Waals surface area contributed by atoms with Crippen LogP contribution >= 0.6 is 22.6 Å². The molecule has 0 unspecified atom stereocenters. The summed E-state index contributed by atoms with van der Waals surface area (Å²) in [6.07, 6.45) is -3.50. The highest BCUT2D eigenvalue weighted by Crippen LogP contribution is 2.18. The Morgan fingerprint density at radius 3 is 2.50 bits per heavy atom. The zero-order chi connectivity index (χ0) is 9.61. The number of rotatable bonds is 5. The largest absolute Gasteiger partial charge is 0.456 e. The van der Waals surface area contributed by atoms with Crippen molar-refractivity contribution in [1.29, 1.82) is 0 Å². The fraction of sp³-hybridized carbons (Fsp3) is 0.833. The number of ether oxygens (including phenoxy) is 2. The molecular formula is C6H9F2IO3. The molecule has 0 atom stereocenters. The lowest BCUT2D eigenvalue weighted by Gasteiger charge is -2.13. The molecule has 0 bridgehead atoms. The van der Waals surface area contributed by atoms with Crippen molar-refractivity contribution in [2.24, 2.45) is 0 Å². The van der Waals surface area contributed by atoms with E-state index in [-0.39, 0.29) is 19.6 Å². The molecule has 0 aromatic carbocycles. The molecule has 0 aliphatic carbocycles. The van der Waals surface area contributed by atoms with Crippen LogP contribution < -0.4 is 0 Å². The smallest absolute Gasteiger partial charge is 0.367 e. The van der Waals surface area contributed by atoms with E-state index in [4.69, 9.17) is 0 Å². The molecule has 0 aromatic rings. The number of halogens is 3. The van der Waals surface area contributed by atoms with Crippen LogP contribution in [-0.2, 0) is 9.47 Å². The van der Waals surface area contributed by atoms with Crippen molar-refractivity contribution in [3.05, 3.63) is 0 Å². The van der Waals surface area contributed by atoms with Gasteiger partial charge in [-0.25, -0.2) is 4.79 Å². The number of carbonyl (C=O) groups is 1. The highest BCUT2D eigenvalue weighted by atomic mass is 127. The van der Waals surface area contributed by atoms with Crippen LogP contribution in [0.5, 0.6) is 0 Å². The molecule has 72 valence electrons. The molecule has 0 radical (unpaired) electrons. The lowest BCUT2D eigenvalue weighted by Crippen LogP contribution is -2.22. The van der Waals surface area contributed by atoms with Gasteiger partial charge in [0.05, 0.1) is 29.2 Å². The van der Waals surface area contributed by atoms with Gasteiger partial charge in [-0.15, -0.1) is 0 Å². The maximum atomic E-state index is 12.3. The van der Waals surface area contributed by atoms with E-state index in [0.717, 1.165) is 0 Å². The third kappa shape index (κ3) is 6.71. The van der Waals surface area contributed by atoms with Crippen molar-refractivity contribution in [2.45, 2.75) is 19.5 Å². The molecule has 0 fully saturated rings. The van der Waals surface area contributed by atoms with Crippen LogP contribution in [0.2, 0.25) is 0 Å². The average molecular weight is 294 g/mol. The number of hydrogen-bond donors (Lipinski definition) is 0. The molecular weight excluding hydrogens is 285 g/mol. The first-order valence-corrected chi connectivity index (χ1v) is 4.40. The summed E-state index contributed by atoms with van der Waals surface area (Å²) in [7, 11) is 0. The Hall–Kier alpha value is 0.0200. The zero-order valence-corrected chi connectivity index (χ0v) is 8.64. The van der Waals surface area contributed by atoms with Gasteiger partial charge < -0.3 is 9.47 Å². The number of alkyl halides is 2. The zero-order valence-electron chi connectivity index (χ0n) is 6.48. The monoisotopic (exact) mass is 294 g/mol. The first kappa shape index (κ1) is 12.0. The van der Waals surface area contributed by atoms with Crippen molar-refractivity contribution in [3.63, 3.8) is 0 Å². The van der Waals surface area contributed by atoms with Gasteiger partial charge in [0.1, 0.15) is 6.61 Å². The van der Waals surface area contributed by atoms with Crippen molar-refractivity contribution >= 4 is 26.6 Å². The van der Waals surface area contributed by atoms with E-state index in [9.17, 15) is 13.6 Å². The topological polar surface area (TPSA) is 35.5 Å². The standard InChI is InChI=1S/C6H9F2IO3/c1-2-6(7,8)12-4-3-11-5(9)10/h2-4H2,1H3. The van der Waals surface area contributed by atoms with Crippen molar-refractivity contribution in [3.8, 4) is 0 Å². The molecule has 3 nitrogen and oxygen atoms in total. The third-order valence-electron chi connectivity index (χ3n) is 1.02. The van der Waals surface area contributed by atoms with Gasteiger partial charge in [0, 0.05) is 6.42 Å². The van der Waals surface area contributed by atoms with Gasteiger partial charge in [0.25, 0.3) is 0 Å². The van der Waals surface area contributed by atoms with Crippen LogP contribution in [0.25, 0.3) is 0 Å². The maximum absolute atomic E-state index is 12.3. The SMILES string of the molecule is CCC(F)(F)OCCOC(=O)I. The normalized spacial score (nSPS) is 11.3. The van der Waals surface area contributed by atoms with Crippen LogP contribution in [0.15, 0.2) is 0 Å². The maximum Gasteiger partial charge on any atom is 0.367 e. The molecule has 0 heterocycles. The van der Waals surface area contributed by atoms with Gasteiger partial charge in [-0.05, 0) is 0 Å². The fourth-order valence-corrected chi connectivity index (χ4v) is 0.635. The van der Waals surface area contributed by atoms with E-state index in [1.807, 2.05) is 0 Å². The molecule has 0 rings (SSSR count). The Labute approximate surface area is 82.5 Å². The second-order valence-electron chi connectivity index (χ2n) is 1.93. The summed E-state index contributed by atoms with van der Waals surface area (Å²) in [5.41, 5.74) is 0. The summed E-state index contributed by atoms with van der Waals surface area (Å²) >= 11 is 1.41. The van der Waals surface area contributed by atoms with Gasteiger partial charge in [-0.1, -0.05) is 6.92 Å². The second-order valence-corrected chi connectivity index (χ2v) is 2.81. The molecule has 0 aromatic heterocycles. The molecule has 0 aliphatic rings. The Kier molecular flexibility index (Phi) is 5.64. The van der Waals surface area contributed by atoms with Crippen molar-refractivity contribution in [2.75, 3.05) is 13.2 Å². The number of hydrogen-bond acceptors (Lipinski definition) is 3. The Morgan fingerprint density at radius 1 is 1.50 bits per heavy atom. The van der Waals surface area contributed by atoms with Crippen LogP contribution in [0, 0.1) is 0 Å². The Bertz CT molecular complexity index is 152. The van der Waals surface area contributed by atoms with E-state index in [2.05, 4.69) is 9.47 Å². The molecule has 0 N–H and O–H groups in total. The number of carbonyl (C=O) groups excluding carboxylic acids is 1. The highest BCUT2D eigenvalue weighted by molar-refractivity contribution is 14.1. The van der Waals surface area contributed by atoms with E-state index in [1.165, 1.54) is 29.5 Å². The first-order chi connectivity index (χ1) is 5.48. The fourth-order valence-electron chi connectivity index (χ4n) is 0.415.